The number of rotatable bonds is 4. The van der Waals surface area contributed by atoms with E-state index in [1.807, 2.05) is 11.8 Å². The Hall–Kier alpha value is -1.63. The maximum absolute atomic E-state index is 13.6. The van der Waals surface area contributed by atoms with E-state index in [1.165, 1.54) is 6.07 Å². The van der Waals surface area contributed by atoms with Crippen molar-refractivity contribution in [3.05, 3.63) is 17.9 Å². The number of nitrogens with zero attached hydrogens (tertiary/aromatic N) is 1. The predicted molar refractivity (Wildman–Crippen MR) is 69.7 cm³/mol. The van der Waals surface area contributed by atoms with E-state index in [2.05, 4.69) is 4.74 Å². The normalized spacial score (nSPS) is 19.4. The number of morpholine rings is 1. The van der Waals surface area contributed by atoms with Gasteiger partial charge in [0.25, 0.3) is 0 Å². The molecule has 1 aromatic carbocycles. The minimum atomic E-state index is -3.08. The zero-order chi connectivity index (χ0) is 14.7. The number of alkyl halides is 2. The number of nitrogens with two attached hydrogens (primary N) is 1. The summed E-state index contributed by atoms with van der Waals surface area (Å²) in [5, 5.41) is 0. The highest BCUT2D eigenvalue weighted by atomic mass is 19.3. The van der Waals surface area contributed by atoms with E-state index in [4.69, 9.17) is 10.5 Å². The number of benzene rings is 1. The second-order valence-electron chi connectivity index (χ2n) is 4.55. The van der Waals surface area contributed by atoms with Crippen LogP contribution in [0.15, 0.2) is 12.1 Å². The molecule has 2 rings (SSSR count). The van der Waals surface area contributed by atoms with Crippen molar-refractivity contribution in [2.24, 2.45) is 0 Å². The van der Waals surface area contributed by atoms with E-state index < -0.39 is 18.2 Å². The van der Waals surface area contributed by atoms with Crippen LogP contribution in [-0.2, 0) is 4.74 Å². The summed E-state index contributed by atoms with van der Waals surface area (Å²) in [6, 6.07) is 2.32. The number of halogens is 3. The van der Waals surface area contributed by atoms with Gasteiger partial charge in [0.2, 0.25) is 0 Å². The first-order valence-electron chi connectivity index (χ1n) is 6.41. The second-order valence-corrected chi connectivity index (χ2v) is 4.55. The first-order valence-corrected chi connectivity index (χ1v) is 6.41. The van der Waals surface area contributed by atoms with Gasteiger partial charge in [0.15, 0.2) is 11.6 Å². The molecule has 0 aliphatic carbocycles. The van der Waals surface area contributed by atoms with Crippen molar-refractivity contribution >= 4 is 11.4 Å². The lowest BCUT2D eigenvalue weighted by atomic mass is 10.1. The molecular formula is C13H17F3N2O2. The number of hydrogen-bond acceptors (Lipinski definition) is 4. The predicted octanol–water partition coefficient (Wildman–Crippen LogP) is 2.62. The molecule has 20 heavy (non-hydrogen) atoms. The molecular weight excluding hydrogens is 273 g/mol. The SMILES string of the molecule is CCC1COCCN1c1cc(OC(F)F)c(F)cc1N. The van der Waals surface area contributed by atoms with E-state index in [0.717, 1.165) is 12.5 Å². The second kappa shape index (κ2) is 6.21. The molecule has 1 aliphatic heterocycles. The first-order chi connectivity index (χ1) is 9.52. The largest absolute Gasteiger partial charge is 0.432 e. The Morgan fingerprint density at radius 1 is 1.50 bits per heavy atom. The average Bonchev–Trinajstić information content (AvgIpc) is 2.41. The Morgan fingerprint density at radius 3 is 2.90 bits per heavy atom. The molecule has 1 saturated heterocycles. The fourth-order valence-corrected chi connectivity index (χ4v) is 2.30. The Kier molecular flexibility index (Phi) is 4.59. The average molecular weight is 290 g/mol. The van der Waals surface area contributed by atoms with Crippen molar-refractivity contribution in [2.75, 3.05) is 30.4 Å². The molecule has 4 nitrogen and oxygen atoms in total. The molecule has 112 valence electrons. The van der Waals surface area contributed by atoms with Crippen molar-refractivity contribution in [2.45, 2.75) is 26.0 Å². The van der Waals surface area contributed by atoms with Crippen LogP contribution in [-0.4, -0.2) is 32.4 Å². The van der Waals surface area contributed by atoms with E-state index in [9.17, 15) is 13.2 Å². The molecule has 0 bridgehead atoms. The molecule has 1 unspecified atom stereocenters. The van der Waals surface area contributed by atoms with Gasteiger partial charge in [-0.15, -0.1) is 0 Å². The van der Waals surface area contributed by atoms with Gasteiger partial charge in [-0.25, -0.2) is 4.39 Å². The minimum Gasteiger partial charge on any atom is -0.432 e. The highest BCUT2D eigenvalue weighted by molar-refractivity contribution is 5.70. The van der Waals surface area contributed by atoms with Gasteiger partial charge >= 0.3 is 6.61 Å². The van der Waals surface area contributed by atoms with E-state index in [0.29, 0.717) is 25.4 Å². The lowest BCUT2D eigenvalue weighted by Gasteiger charge is -2.37. The molecule has 1 heterocycles. The Labute approximate surface area is 115 Å². The number of hydrogen-bond donors (Lipinski definition) is 1. The maximum Gasteiger partial charge on any atom is 0.387 e. The molecule has 1 atom stereocenters. The van der Waals surface area contributed by atoms with Crippen molar-refractivity contribution in [3.63, 3.8) is 0 Å². The van der Waals surface area contributed by atoms with Crippen molar-refractivity contribution in [3.8, 4) is 5.75 Å². The number of ether oxygens (including phenoxy) is 2. The highest BCUT2D eigenvalue weighted by Crippen LogP contribution is 2.34. The molecule has 0 radical (unpaired) electrons. The smallest absolute Gasteiger partial charge is 0.387 e. The summed E-state index contributed by atoms with van der Waals surface area (Å²) in [5.41, 5.74) is 6.50. The van der Waals surface area contributed by atoms with Crippen LogP contribution in [0.3, 0.4) is 0 Å². The molecule has 1 aliphatic rings. The zero-order valence-corrected chi connectivity index (χ0v) is 11.1. The standard InChI is InChI=1S/C13H17F3N2O2/c1-2-8-7-19-4-3-18(8)11-6-12(20-13(15)16)9(14)5-10(11)17/h5-6,8,13H,2-4,7,17H2,1H3. The summed E-state index contributed by atoms with van der Waals surface area (Å²) in [7, 11) is 0. The highest BCUT2D eigenvalue weighted by Gasteiger charge is 2.25. The minimum absolute atomic E-state index is 0.0795. The van der Waals surface area contributed by atoms with Gasteiger partial charge in [-0.2, -0.15) is 8.78 Å². The maximum atomic E-state index is 13.6. The summed E-state index contributed by atoms with van der Waals surface area (Å²) in [6.45, 7) is 0.523. The molecule has 0 aromatic heterocycles. The molecule has 1 fully saturated rings. The summed E-state index contributed by atoms with van der Waals surface area (Å²) < 4.78 is 47.6. The van der Waals surface area contributed by atoms with Gasteiger partial charge in [-0.3, -0.25) is 0 Å². The van der Waals surface area contributed by atoms with Gasteiger partial charge in [-0.05, 0) is 6.42 Å². The van der Waals surface area contributed by atoms with Crippen LogP contribution >= 0.6 is 0 Å². The summed E-state index contributed by atoms with van der Waals surface area (Å²) in [5.74, 6) is -1.39. The fraction of sp³-hybridized carbons (Fsp3) is 0.538. The quantitative estimate of drug-likeness (QED) is 0.866. The van der Waals surface area contributed by atoms with Gasteiger partial charge < -0.3 is 20.1 Å². The molecule has 2 N–H and O–H groups in total. The van der Waals surface area contributed by atoms with Crippen LogP contribution in [0.25, 0.3) is 0 Å². The Morgan fingerprint density at radius 2 is 2.25 bits per heavy atom. The van der Waals surface area contributed by atoms with Crippen molar-refractivity contribution in [1.29, 1.82) is 0 Å². The van der Waals surface area contributed by atoms with Crippen LogP contribution in [0.1, 0.15) is 13.3 Å². The Balaban J connectivity index is 2.34. The van der Waals surface area contributed by atoms with E-state index in [-0.39, 0.29) is 11.7 Å². The molecule has 0 amide bonds. The van der Waals surface area contributed by atoms with Crippen LogP contribution in [0.2, 0.25) is 0 Å². The van der Waals surface area contributed by atoms with E-state index in [1.54, 1.807) is 0 Å². The van der Waals surface area contributed by atoms with Gasteiger partial charge in [0, 0.05) is 18.7 Å². The third-order valence-corrected chi connectivity index (χ3v) is 3.31. The van der Waals surface area contributed by atoms with Crippen LogP contribution in [0, 0.1) is 5.82 Å². The van der Waals surface area contributed by atoms with Crippen LogP contribution in [0.5, 0.6) is 5.75 Å². The third-order valence-electron chi connectivity index (χ3n) is 3.31. The first kappa shape index (κ1) is 14.8. The third kappa shape index (κ3) is 3.09. The van der Waals surface area contributed by atoms with E-state index >= 15 is 0 Å². The lowest BCUT2D eigenvalue weighted by molar-refractivity contribution is -0.0521. The monoisotopic (exact) mass is 290 g/mol. The summed E-state index contributed by atoms with van der Waals surface area (Å²) in [4.78, 5) is 1.94. The molecule has 0 saturated carbocycles. The Bertz CT molecular complexity index is 471. The topological polar surface area (TPSA) is 47.7 Å². The van der Waals surface area contributed by atoms with Crippen molar-refractivity contribution < 1.29 is 22.6 Å². The zero-order valence-electron chi connectivity index (χ0n) is 11.1. The molecule has 1 aromatic rings. The van der Waals surface area contributed by atoms with Crippen LogP contribution < -0.4 is 15.4 Å². The summed E-state index contributed by atoms with van der Waals surface area (Å²) in [6.07, 6.45) is 0.807. The van der Waals surface area contributed by atoms with Gasteiger partial charge in [-0.1, -0.05) is 6.92 Å². The molecule has 7 heteroatoms. The summed E-state index contributed by atoms with van der Waals surface area (Å²) >= 11 is 0. The van der Waals surface area contributed by atoms with Crippen LogP contribution in [0.4, 0.5) is 24.5 Å². The fourth-order valence-electron chi connectivity index (χ4n) is 2.30. The van der Waals surface area contributed by atoms with Gasteiger partial charge in [0.1, 0.15) is 0 Å². The van der Waals surface area contributed by atoms with Gasteiger partial charge in [0.05, 0.1) is 30.6 Å². The number of nitrogen functional groups attached to an aromatic ring is 1. The number of anilines is 2. The molecule has 0 spiro atoms. The van der Waals surface area contributed by atoms with Crippen molar-refractivity contribution in [1.82, 2.24) is 0 Å². The lowest BCUT2D eigenvalue weighted by Crippen LogP contribution is -2.45.